The molecule has 2 aromatic carbocycles. The van der Waals surface area contributed by atoms with E-state index in [4.69, 9.17) is 14.2 Å². The van der Waals surface area contributed by atoms with Gasteiger partial charge in [0.15, 0.2) is 17.2 Å². The summed E-state index contributed by atoms with van der Waals surface area (Å²) in [5.41, 5.74) is 1.02. The van der Waals surface area contributed by atoms with Gasteiger partial charge in [0.05, 0.1) is 0 Å². The van der Waals surface area contributed by atoms with E-state index in [0.29, 0.717) is 22.6 Å². The Labute approximate surface area is 150 Å². The lowest BCUT2D eigenvalue weighted by atomic mass is 10.2. The van der Waals surface area contributed by atoms with E-state index in [2.05, 4.69) is 9.73 Å². The molecule has 0 saturated carbocycles. The molecular formula is C18H10F3NO5. The first-order valence-electron chi connectivity index (χ1n) is 7.66. The van der Waals surface area contributed by atoms with E-state index >= 15 is 0 Å². The van der Waals surface area contributed by atoms with E-state index in [-0.39, 0.29) is 24.1 Å². The van der Waals surface area contributed by atoms with Crippen LogP contribution in [0.5, 0.6) is 17.2 Å². The van der Waals surface area contributed by atoms with Gasteiger partial charge in [-0.3, -0.25) is 0 Å². The monoisotopic (exact) mass is 377 g/mol. The molecular weight excluding hydrogens is 367 g/mol. The molecule has 138 valence electrons. The highest BCUT2D eigenvalue weighted by Gasteiger charge is 2.31. The molecule has 2 heterocycles. The summed E-state index contributed by atoms with van der Waals surface area (Å²) in [7, 11) is 0. The predicted molar refractivity (Wildman–Crippen MR) is 86.3 cm³/mol. The normalized spacial score (nSPS) is 17.1. The number of nitrogens with zero attached hydrogens (tertiary/aromatic N) is 1. The van der Waals surface area contributed by atoms with E-state index in [1.807, 2.05) is 0 Å². The van der Waals surface area contributed by atoms with Crippen LogP contribution in [0.2, 0.25) is 0 Å². The molecule has 6 nitrogen and oxygen atoms in total. The molecule has 0 N–H and O–H groups in total. The largest absolute Gasteiger partial charge is 0.573 e. The van der Waals surface area contributed by atoms with Crippen molar-refractivity contribution in [3.8, 4) is 17.2 Å². The zero-order valence-corrected chi connectivity index (χ0v) is 13.4. The van der Waals surface area contributed by atoms with Gasteiger partial charge in [-0.05, 0) is 42.0 Å². The van der Waals surface area contributed by atoms with Gasteiger partial charge < -0.3 is 18.9 Å². The highest BCUT2D eigenvalue weighted by molar-refractivity contribution is 6.13. The Morgan fingerprint density at radius 3 is 2.52 bits per heavy atom. The third kappa shape index (κ3) is 3.71. The maximum absolute atomic E-state index is 12.2. The molecule has 2 aliphatic rings. The van der Waals surface area contributed by atoms with Crippen LogP contribution in [0.25, 0.3) is 6.08 Å². The lowest BCUT2D eigenvalue weighted by molar-refractivity contribution is -0.274. The molecule has 0 unspecified atom stereocenters. The summed E-state index contributed by atoms with van der Waals surface area (Å²) in [6.07, 6.45) is -3.36. The minimum absolute atomic E-state index is 0.0205. The van der Waals surface area contributed by atoms with Gasteiger partial charge in [-0.2, -0.15) is 0 Å². The Morgan fingerprint density at radius 2 is 1.78 bits per heavy atom. The van der Waals surface area contributed by atoms with Crippen LogP contribution in [0, 0.1) is 0 Å². The van der Waals surface area contributed by atoms with Crippen LogP contribution in [0.15, 0.2) is 53.2 Å². The van der Waals surface area contributed by atoms with Crippen LogP contribution in [-0.2, 0) is 9.53 Å². The lowest BCUT2D eigenvalue weighted by Gasteiger charge is -2.08. The summed E-state index contributed by atoms with van der Waals surface area (Å²) >= 11 is 0. The fourth-order valence-corrected chi connectivity index (χ4v) is 2.49. The van der Waals surface area contributed by atoms with Crippen molar-refractivity contribution in [1.82, 2.24) is 0 Å². The number of hydrogen-bond donors (Lipinski definition) is 0. The van der Waals surface area contributed by atoms with E-state index in [1.165, 1.54) is 18.2 Å². The number of rotatable bonds is 3. The van der Waals surface area contributed by atoms with Crippen molar-refractivity contribution >= 4 is 17.9 Å². The number of alkyl halides is 3. The van der Waals surface area contributed by atoms with Gasteiger partial charge in [-0.15, -0.1) is 13.2 Å². The molecule has 0 fully saturated rings. The standard InChI is InChI=1S/C18H10F3NO5/c19-18(20,21)27-12-4-1-10(2-5-12)7-13-17(23)26-16(22-13)11-3-6-14-15(8-11)25-9-24-14/h1-8H,9H2/b13-7-. The van der Waals surface area contributed by atoms with Crippen molar-refractivity contribution < 1.29 is 36.9 Å². The van der Waals surface area contributed by atoms with Gasteiger partial charge >= 0.3 is 12.3 Å². The van der Waals surface area contributed by atoms with Crippen molar-refractivity contribution in [3.63, 3.8) is 0 Å². The summed E-state index contributed by atoms with van der Waals surface area (Å²) < 4.78 is 56.0. The zero-order chi connectivity index (χ0) is 19.0. The molecule has 2 aromatic rings. The Hall–Kier alpha value is -3.49. The topological polar surface area (TPSA) is 66.4 Å². The van der Waals surface area contributed by atoms with E-state index in [0.717, 1.165) is 12.1 Å². The zero-order valence-electron chi connectivity index (χ0n) is 13.4. The first-order chi connectivity index (χ1) is 12.9. The SMILES string of the molecule is O=C1OC(c2ccc3c(c2)OCO3)=N/C1=C\c1ccc(OC(F)(F)F)cc1. The average molecular weight is 377 g/mol. The number of benzene rings is 2. The second-order valence-corrected chi connectivity index (χ2v) is 5.52. The quantitative estimate of drug-likeness (QED) is 0.603. The number of ether oxygens (including phenoxy) is 4. The van der Waals surface area contributed by atoms with E-state index in [1.54, 1.807) is 18.2 Å². The van der Waals surface area contributed by atoms with Crippen LogP contribution < -0.4 is 14.2 Å². The predicted octanol–water partition coefficient (Wildman–Crippen LogP) is 3.66. The Kier molecular flexibility index (Phi) is 3.98. The molecule has 0 radical (unpaired) electrons. The van der Waals surface area contributed by atoms with Crippen molar-refractivity contribution in [2.24, 2.45) is 4.99 Å². The molecule has 9 heteroatoms. The fraction of sp³-hybridized carbons (Fsp3) is 0.111. The number of halogens is 3. The Bertz CT molecular complexity index is 964. The highest BCUT2D eigenvalue weighted by Crippen LogP contribution is 2.33. The third-order valence-electron chi connectivity index (χ3n) is 3.66. The van der Waals surface area contributed by atoms with Crippen LogP contribution in [0.3, 0.4) is 0 Å². The van der Waals surface area contributed by atoms with Crippen LogP contribution >= 0.6 is 0 Å². The summed E-state index contributed by atoms with van der Waals surface area (Å²) in [6, 6.07) is 10.0. The summed E-state index contributed by atoms with van der Waals surface area (Å²) in [5, 5.41) is 0. The molecule has 0 saturated heterocycles. The first-order valence-corrected chi connectivity index (χ1v) is 7.66. The van der Waals surface area contributed by atoms with Gasteiger partial charge in [-0.25, -0.2) is 9.79 Å². The van der Waals surface area contributed by atoms with Crippen molar-refractivity contribution in [1.29, 1.82) is 0 Å². The number of fused-ring (bicyclic) bond motifs is 1. The number of carbonyl (C=O) groups excluding carboxylic acids is 1. The number of aliphatic imine (C=N–C) groups is 1. The fourth-order valence-electron chi connectivity index (χ4n) is 2.49. The van der Waals surface area contributed by atoms with Gasteiger partial charge in [-0.1, -0.05) is 12.1 Å². The molecule has 0 aliphatic carbocycles. The van der Waals surface area contributed by atoms with Gasteiger partial charge in [0, 0.05) is 5.56 Å². The van der Waals surface area contributed by atoms with Crippen LogP contribution in [0.1, 0.15) is 11.1 Å². The Balaban J connectivity index is 1.56. The van der Waals surface area contributed by atoms with Crippen LogP contribution in [-0.4, -0.2) is 25.0 Å². The number of carbonyl (C=O) groups is 1. The average Bonchev–Trinajstić information content (AvgIpc) is 3.21. The molecule has 0 bridgehead atoms. The number of cyclic esters (lactones) is 1. The van der Waals surface area contributed by atoms with E-state index < -0.39 is 12.3 Å². The van der Waals surface area contributed by atoms with Crippen molar-refractivity contribution in [3.05, 3.63) is 59.3 Å². The molecule has 2 aliphatic heterocycles. The molecule has 0 atom stereocenters. The van der Waals surface area contributed by atoms with Crippen LogP contribution in [0.4, 0.5) is 13.2 Å². The summed E-state index contributed by atoms with van der Waals surface area (Å²) in [6.45, 7) is 0.115. The molecule has 0 spiro atoms. The van der Waals surface area contributed by atoms with Gasteiger partial charge in [0.1, 0.15) is 5.75 Å². The van der Waals surface area contributed by atoms with Gasteiger partial charge in [0.2, 0.25) is 12.7 Å². The molecule has 0 aromatic heterocycles. The molecule has 4 rings (SSSR count). The second-order valence-electron chi connectivity index (χ2n) is 5.52. The highest BCUT2D eigenvalue weighted by atomic mass is 19.4. The Morgan fingerprint density at radius 1 is 1.04 bits per heavy atom. The van der Waals surface area contributed by atoms with Crippen molar-refractivity contribution in [2.75, 3.05) is 6.79 Å². The molecule has 0 amide bonds. The van der Waals surface area contributed by atoms with Gasteiger partial charge in [0.25, 0.3) is 0 Å². The minimum Gasteiger partial charge on any atom is -0.454 e. The first kappa shape index (κ1) is 17.0. The summed E-state index contributed by atoms with van der Waals surface area (Å²) in [5.74, 6) is 0.174. The molecule has 27 heavy (non-hydrogen) atoms. The van der Waals surface area contributed by atoms with Crippen molar-refractivity contribution in [2.45, 2.75) is 6.36 Å². The van der Waals surface area contributed by atoms with E-state index in [9.17, 15) is 18.0 Å². The third-order valence-corrected chi connectivity index (χ3v) is 3.66. The number of esters is 1. The second kappa shape index (κ2) is 6.35. The summed E-state index contributed by atoms with van der Waals surface area (Å²) in [4.78, 5) is 16.2. The maximum atomic E-state index is 12.2. The lowest BCUT2D eigenvalue weighted by Crippen LogP contribution is -2.16. The number of hydrogen-bond acceptors (Lipinski definition) is 6. The minimum atomic E-state index is -4.76. The smallest absolute Gasteiger partial charge is 0.454 e. The maximum Gasteiger partial charge on any atom is 0.573 e.